The minimum Gasteiger partial charge on any atom is -0.387 e. The van der Waals surface area contributed by atoms with Gasteiger partial charge in [-0.15, -0.1) is 0 Å². The van der Waals surface area contributed by atoms with Crippen LogP contribution in [0, 0.1) is 4.91 Å². The first kappa shape index (κ1) is 28.5. The van der Waals surface area contributed by atoms with E-state index < -0.39 is 0 Å². The van der Waals surface area contributed by atoms with Crippen LogP contribution in [0.4, 0.5) is 0 Å². The third kappa shape index (κ3) is 22.0. The van der Waals surface area contributed by atoms with E-state index in [1.54, 1.807) is 0 Å². The summed E-state index contributed by atoms with van der Waals surface area (Å²) in [5.41, 5.74) is 0. The van der Waals surface area contributed by atoms with Crippen LogP contribution < -0.4 is 0 Å². The molecular weight excluding hydrogens is 360 g/mol. The van der Waals surface area contributed by atoms with Crippen molar-refractivity contribution in [3.63, 3.8) is 0 Å². The number of hydrogen-bond acceptors (Lipinski definition) is 3. The number of unbranched alkanes of at least 4 members (excludes halogenated alkanes) is 15. The lowest BCUT2D eigenvalue weighted by atomic mass is 10.0. The van der Waals surface area contributed by atoms with Crippen LogP contribution in [0.3, 0.4) is 0 Å². The molecule has 1 unspecified atom stereocenters. The highest BCUT2D eigenvalue weighted by Crippen LogP contribution is 2.15. The first-order chi connectivity index (χ1) is 14.0. The van der Waals surface area contributed by atoms with E-state index in [-0.39, 0.29) is 6.10 Å². The first-order valence-corrected chi connectivity index (χ1v) is 12.8. The maximum Gasteiger partial charge on any atom is 0.105 e. The highest BCUT2D eigenvalue weighted by atomic mass is 16.3. The first-order valence-electron chi connectivity index (χ1n) is 12.8. The lowest BCUT2D eigenvalue weighted by Gasteiger charge is -2.31. The number of nitrogens with zero attached hydrogens (tertiary/aromatic N) is 2. The van der Waals surface area contributed by atoms with Crippen molar-refractivity contribution >= 4 is 0 Å². The Balaban J connectivity index is 3.31. The van der Waals surface area contributed by atoms with Crippen molar-refractivity contribution in [3.8, 4) is 0 Å². The van der Waals surface area contributed by atoms with Crippen molar-refractivity contribution in [1.29, 1.82) is 0 Å². The lowest BCUT2D eigenvalue weighted by molar-refractivity contribution is -0.893. The number of aliphatic hydroxyl groups excluding tert-OH is 1. The number of quaternary nitrogens is 1. The number of hydrogen-bond donors (Lipinski definition) is 1. The quantitative estimate of drug-likeness (QED) is 0.109. The van der Waals surface area contributed by atoms with Crippen LogP contribution >= 0.6 is 0 Å². The van der Waals surface area contributed by atoms with Crippen molar-refractivity contribution in [3.05, 3.63) is 4.91 Å². The van der Waals surface area contributed by atoms with Crippen molar-refractivity contribution in [2.24, 2.45) is 5.18 Å². The van der Waals surface area contributed by atoms with E-state index in [2.05, 4.69) is 26.2 Å². The van der Waals surface area contributed by atoms with Gasteiger partial charge in [0.15, 0.2) is 0 Å². The maximum absolute atomic E-state index is 10.3. The molecule has 0 aromatic heterocycles. The zero-order valence-electron chi connectivity index (χ0n) is 20.2. The van der Waals surface area contributed by atoms with Crippen LogP contribution in [0.2, 0.25) is 0 Å². The Kier molecular flexibility index (Phi) is 20.4. The number of aliphatic hydroxyl groups is 1. The molecule has 0 heterocycles. The topological polar surface area (TPSA) is 49.7 Å². The Labute approximate surface area is 182 Å². The second-order valence-electron chi connectivity index (χ2n) is 9.79. The van der Waals surface area contributed by atoms with Gasteiger partial charge in [0.25, 0.3) is 0 Å². The molecule has 0 spiro atoms. The fourth-order valence-corrected chi connectivity index (χ4v) is 4.24. The molecule has 0 aliphatic rings. The molecule has 0 aliphatic carbocycles. The molecule has 0 aliphatic heterocycles. The van der Waals surface area contributed by atoms with Crippen LogP contribution in [0.15, 0.2) is 5.18 Å². The summed E-state index contributed by atoms with van der Waals surface area (Å²) in [5, 5.41) is 13.2. The molecule has 0 amide bonds. The van der Waals surface area contributed by atoms with E-state index >= 15 is 0 Å². The SMILES string of the molecule is CCCCCCCCCCCCCCCCCCC(O)C[N+](C)(C)CCCN=O. The van der Waals surface area contributed by atoms with E-state index in [4.69, 9.17) is 0 Å². The second-order valence-corrected chi connectivity index (χ2v) is 9.79. The summed E-state index contributed by atoms with van der Waals surface area (Å²) in [6, 6.07) is 0. The van der Waals surface area contributed by atoms with Gasteiger partial charge in [-0.05, 0) is 6.42 Å². The molecule has 1 N–H and O–H groups in total. The average molecular weight is 414 g/mol. The zero-order chi connectivity index (χ0) is 21.6. The van der Waals surface area contributed by atoms with Crippen LogP contribution in [-0.4, -0.2) is 49.4 Å². The Bertz CT molecular complexity index is 348. The molecule has 0 rings (SSSR count). The van der Waals surface area contributed by atoms with Gasteiger partial charge < -0.3 is 9.59 Å². The number of likely N-dealkylation sites (N-methyl/N-ethyl adjacent to an activating group) is 1. The molecule has 0 bridgehead atoms. The summed E-state index contributed by atoms with van der Waals surface area (Å²) in [6.07, 6.45) is 23.6. The van der Waals surface area contributed by atoms with E-state index in [0.29, 0.717) is 6.54 Å². The van der Waals surface area contributed by atoms with Gasteiger partial charge in [0, 0.05) is 6.42 Å². The second kappa shape index (κ2) is 20.8. The third-order valence-corrected chi connectivity index (χ3v) is 6.11. The summed E-state index contributed by atoms with van der Waals surface area (Å²) in [5.74, 6) is 0. The van der Waals surface area contributed by atoms with Gasteiger partial charge in [0.1, 0.15) is 12.6 Å². The van der Waals surface area contributed by atoms with Crippen molar-refractivity contribution < 1.29 is 9.59 Å². The molecule has 0 saturated carbocycles. The smallest absolute Gasteiger partial charge is 0.105 e. The number of nitroso groups, excluding NO2 is 1. The third-order valence-electron chi connectivity index (χ3n) is 6.11. The fraction of sp³-hybridized carbons (Fsp3) is 1.00. The molecule has 1 atom stereocenters. The summed E-state index contributed by atoms with van der Waals surface area (Å²) in [7, 11) is 4.25. The summed E-state index contributed by atoms with van der Waals surface area (Å²) in [4.78, 5) is 10.2. The van der Waals surface area contributed by atoms with E-state index in [1.165, 1.54) is 96.3 Å². The molecular formula is C25H53N2O2+. The Hall–Kier alpha value is -0.480. The molecule has 4 heteroatoms. The summed E-state index contributed by atoms with van der Waals surface area (Å²) < 4.78 is 0.773. The van der Waals surface area contributed by atoms with E-state index in [0.717, 1.165) is 36.8 Å². The van der Waals surface area contributed by atoms with Crippen LogP contribution in [-0.2, 0) is 0 Å². The summed E-state index contributed by atoms with van der Waals surface area (Å²) in [6.45, 7) is 4.35. The van der Waals surface area contributed by atoms with E-state index in [9.17, 15) is 10.0 Å². The molecule has 0 fully saturated rings. The molecule has 29 heavy (non-hydrogen) atoms. The molecule has 0 aromatic carbocycles. The van der Waals surface area contributed by atoms with Gasteiger partial charge in [-0.2, -0.15) is 4.91 Å². The number of rotatable bonds is 23. The minimum atomic E-state index is -0.221. The fourth-order valence-electron chi connectivity index (χ4n) is 4.24. The maximum atomic E-state index is 10.3. The van der Waals surface area contributed by atoms with Gasteiger partial charge in [0.05, 0.1) is 27.2 Å². The highest BCUT2D eigenvalue weighted by Gasteiger charge is 2.19. The van der Waals surface area contributed by atoms with Gasteiger partial charge in [-0.25, -0.2) is 0 Å². The van der Waals surface area contributed by atoms with Crippen molar-refractivity contribution in [1.82, 2.24) is 0 Å². The minimum absolute atomic E-state index is 0.221. The van der Waals surface area contributed by atoms with Crippen LogP contribution in [0.1, 0.15) is 122 Å². The van der Waals surface area contributed by atoms with Crippen molar-refractivity contribution in [2.45, 2.75) is 129 Å². The standard InChI is InChI=1S/C25H53N2O2/c1-4-5-6-7-8-9-10-11-12-13-14-15-16-17-18-19-21-25(28)24-27(2,3)23-20-22-26-29/h25,28H,4-24H2,1-3H3/q+1. The van der Waals surface area contributed by atoms with E-state index in [1.807, 2.05) is 0 Å². The highest BCUT2D eigenvalue weighted by molar-refractivity contribution is 4.57. The summed E-state index contributed by atoms with van der Waals surface area (Å²) >= 11 is 0. The predicted molar refractivity (Wildman–Crippen MR) is 127 cm³/mol. The largest absolute Gasteiger partial charge is 0.387 e. The van der Waals surface area contributed by atoms with Gasteiger partial charge in [-0.3, -0.25) is 0 Å². The normalized spacial score (nSPS) is 13.0. The Morgan fingerprint density at radius 3 is 1.52 bits per heavy atom. The monoisotopic (exact) mass is 413 g/mol. The van der Waals surface area contributed by atoms with Crippen molar-refractivity contribution in [2.75, 3.05) is 33.7 Å². The molecule has 0 radical (unpaired) electrons. The van der Waals surface area contributed by atoms with Gasteiger partial charge in [0.2, 0.25) is 0 Å². The van der Waals surface area contributed by atoms with Gasteiger partial charge >= 0.3 is 0 Å². The zero-order valence-corrected chi connectivity index (χ0v) is 20.2. The lowest BCUT2D eigenvalue weighted by Crippen LogP contribution is -2.46. The predicted octanol–water partition coefficient (Wildman–Crippen LogP) is 7.23. The molecule has 4 nitrogen and oxygen atoms in total. The Morgan fingerprint density at radius 1 is 0.690 bits per heavy atom. The molecule has 0 aromatic rings. The Morgan fingerprint density at radius 2 is 1.10 bits per heavy atom. The molecule has 174 valence electrons. The van der Waals surface area contributed by atoms with Crippen LogP contribution in [0.5, 0.6) is 0 Å². The average Bonchev–Trinajstić information content (AvgIpc) is 2.67. The molecule has 0 saturated heterocycles. The van der Waals surface area contributed by atoms with Gasteiger partial charge in [-0.1, -0.05) is 115 Å². The van der Waals surface area contributed by atoms with Crippen LogP contribution in [0.25, 0.3) is 0 Å².